The van der Waals surface area contributed by atoms with E-state index in [0.717, 1.165) is 26.3 Å². The molecule has 0 aliphatic rings. The molecular formula is C12H12ClN3S. The van der Waals surface area contributed by atoms with Crippen LogP contribution in [0.4, 0.5) is 5.82 Å². The normalized spacial score (nSPS) is 10.3. The highest BCUT2D eigenvalue weighted by atomic mass is 35.5. The fourth-order valence-electron chi connectivity index (χ4n) is 1.43. The van der Waals surface area contributed by atoms with Gasteiger partial charge in [-0.25, -0.2) is 9.97 Å². The van der Waals surface area contributed by atoms with Crippen molar-refractivity contribution in [2.75, 3.05) is 12.4 Å². The molecule has 0 amide bonds. The molecule has 0 spiro atoms. The van der Waals surface area contributed by atoms with Crippen molar-refractivity contribution < 1.29 is 0 Å². The lowest BCUT2D eigenvalue weighted by Crippen LogP contribution is -1.98. The van der Waals surface area contributed by atoms with E-state index in [1.54, 1.807) is 18.1 Å². The zero-order chi connectivity index (χ0) is 12.3. The van der Waals surface area contributed by atoms with Crippen LogP contribution in [-0.4, -0.2) is 17.0 Å². The molecule has 0 unspecified atom stereocenters. The monoisotopic (exact) mass is 265 g/mol. The Hall–Kier alpha value is -1.26. The maximum absolute atomic E-state index is 5.95. The molecule has 0 aliphatic carbocycles. The van der Waals surface area contributed by atoms with Crippen molar-refractivity contribution in [3.8, 4) is 0 Å². The van der Waals surface area contributed by atoms with Crippen molar-refractivity contribution >= 4 is 29.2 Å². The van der Waals surface area contributed by atoms with Gasteiger partial charge in [-0.2, -0.15) is 0 Å². The van der Waals surface area contributed by atoms with Crippen molar-refractivity contribution in [1.29, 1.82) is 0 Å². The van der Waals surface area contributed by atoms with E-state index in [-0.39, 0.29) is 0 Å². The molecule has 2 aromatic rings. The molecule has 5 heteroatoms. The number of anilines is 1. The molecule has 17 heavy (non-hydrogen) atoms. The molecule has 0 saturated heterocycles. The highest BCUT2D eigenvalue weighted by molar-refractivity contribution is 7.99. The first-order valence-corrected chi connectivity index (χ1v) is 6.33. The quantitative estimate of drug-likeness (QED) is 0.860. The van der Waals surface area contributed by atoms with E-state index >= 15 is 0 Å². The Morgan fingerprint density at radius 2 is 2.12 bits per heavy atom. The van der Waals surface area contributed by atoms with E-state index in [2.05, 4.69) is 15.3 Å². The van der Waals surface area contributed by atoms with Gasteiger partial charge in [-0.15, -0.1) is 0 Å². The lowest BCUT2D eigenvalue weighted by molar-refractivity contribution is 1.00. The molecule has 0 saturated carbocycles. The average Bonchev–Trinajstić information content (AvgIpc) is 2.32. The Bertz CT molecular complexity index is 531. The van der Waals surface area contributed by atoms with Crippen LogP contribution >= 0.6 is 23.4 Å². The molecule has 0 aliphatic heterocycles. The first-order chi connectivity index (χ1) is 8.20. The summed E-state index contributed by atoms with van der Waals surface area (Å²) in [6.45, 7) is 2.00. The molecule has 0 atom stereocenters. The standard InChI is InChI=1S/C12H12ClN3S/c1-8-11(14-2)15-7-16-12(8)17-10-5-3-4-9(13)6-10/h3-7H,1-2H3,(H,14,15,16). The second-order valence-corrected chi connectivity index (χ2v) is 4.96. The summed E-state index contributed by atoms with van der Waals surface area (Å²) < 4.78 is 0. The largest absolute Gasteiger partial charge is 0.373 e. The van der Waals surface area contributed by atoms with Crippen LogP contribution in [0.2, 0.25) is 5.02 Å². The Kier molecular flexibility index (Phi) is 3.86. The maximum atomic E-state index is 5.95. The van der Waals surface area contributed by atoms with E-state index in [1.165, 1.54) is 0 Å². The predicted octanol–water partition coefficient (Wildman–Crippen LogP) is 3.63. The first-order valence-electron chi connectivity index (χ1n) is 5.13. The molecule has 1 aromatic heterocycles. The van der Waals surface area contributed by atoms with Gasteiger partial charge in [-0.1, -0.05) is 29.4 Å². The van der Waals surface area contributed by atoms with Crippen LogP contribution in [-0.2, 0) is 0 Å². The number of hydrogen-bond acceptors (Lipinski definition) is 4. The Balaban J connectivity index is 2.30. The van der Waals surface area contributed by atoms with Crippen molar-refractivity contribution in [1.82, 2.24) is 9.97 Å². The number of rotatable bonds is 3. The smallest absolute Gasteiger partial charge is 0.133 e. The van der Waals surface area contributed by atoms with Gasteiger partial charge < -0.3 is 5.32 Å². The van der Waals surface area contributed by atoms with Crippen LogP contribution in [0.5, 0.6) is 0 Å². The number of nitrogens with one attached hydrogen (secondary N) is 1. The molecule has 1 aromatic carbocycles. The zero-order valence-corrected chi connectivity index (χ0v) is 11.1. The molecule has 88 valence electrons. The summed E-state index contributed by atoms with van der Waals surface area (Å²) in [4.78, 5) is 9.51. The van der Waals surface area contributed by atoms with Gasteiger partial charge in [-0.3, -0.25) is 0 Å². The fourth-order valence-corrected chi connectivity index (χ4v) is 2.59. The van der Waals surface area contributed by atoms with Gasteiger partial charge >= 0.3 is 0 Å². The molecule has 1 heterocycles. The van der Waals surface area contributed by atoms with Gasteiger partial charge in [-0.05, 0) is 25.1 Å². The molecule has 3 nitrogen and oxygen atoms in total. The van der Waals surface area contributed by atoms with E-state index < -0.39 is 0 Å². The van der Waals surface area contributed by atoms with Gasteiger partial charge in [0.25, 0.3) is 0 Å². The maximum Gasteiger partial charge on any atom is 0.133 e. The van der Waals surface area contributed by atoms with Crippen LogP contribution in [0.1, 0.15) is 5.56 Å². The minimum atomic E-state index is 0.732. The summed E-state index contributed by atoms with van der Waals surface area (Å²) in [6.07, 6.45) is 1.56. The summed E-state index contributed by atoms with van der Waals surface area (Å²) in [5.74, 6) is 0.851. The van der Waals surface area contributed by atoms with Gasteiger partial charge in [0.05, 0.1) is 0 Å². The molecule has 1 N–H and O–H groups in total. The lowest BCUT2D eigenvalue weighted by atomic mass is 10.3. The third-order valence-electron chi connectivity index (χ3n) is 2.29. The van der Waals surface area contributed by atoms with Gasteiger partial charge in [0.15, 0.2) is 0 Å². The topological polar surface area (TPSA) is 37.8 Å². The minimum Gasteiger partial charge on any atom is -0.373 e. The van der Waals surface area contributed by atoms with Crippen LogP contribution in [0.15, 0.2) is 40.5 Å². The van der Waals surface area contributed by atoms with Crippen LogP contribution in [0.25, 0.3) is 0 Å². The van der Waals surface area contributed by atoms with Crippen LogP contribution < -0.4 is 5.32 Å². The van der Waals surface area contributed by atoms with Crippen LogP contribution in [0.3, 0.4) is 0 Å². The SMILES string of the molecule is CNc1ncnc(Sc2cccc(Cl)c2)c1C. The zero-order valence-electron chi connectivity index (χ0n) is 9.57. The molecule has 0 radical (unpaired) electrons. The number of nitrogens with zero attached hydrogens (tertiary/aromatic N) is 2. The Morgan fingerprint density at radius 3 is 2.82 bits per heavy atom. The first kappa shape index (κ1) is 12.2. The number of halogens is 1. The third kappa shape index (κ3) is 2.90. The number of benzene rings is 1. The predicted molar refractivity (Wildman–Crippen MR) is 71.9 cm³/mol. The summed E-state index contributed by atoms with van der Waals surface area (Å²) in [5.41, 5.74) is 1.04. The second-order valence-electron chi connectivity index (χ2n) is 3.46. The Labute approximate surface area is 110 Å². The van der Waals surface area contributed by atoms with E-state index in [4.69, 9.17) is 11.6 Å². The summed E-state index contributed by atoms with van der Waals surface area (Å²) in [6, 6.07) is 7.72. The second kappa shape index (κ2) is 5.38. The van der Waals surface area contributed by atoms with Crippen molar-refractivity contribution in [3.63, 3.8) is 0 Å². The fraction of sp³-hybridized carbons (Fsp3) is 0.167. The summed E-state index contributed by atoms with van der Waals surface area (Å²) in [7, 11) is 1.85. The lowest BCUT2D eigenvalue weighted by Gasteiger charge is -2.08. The molecular weight excluding hydrogens is 254 g/mol. The van der Waals surface area contributed by atoms with Gasteiger partial charge in [0, 0.05) is 22.5 Å². The Morgan fingerprint density at radius 1 is 1.29 bits per heavy atom. The van der Waals surface area contributed by atoms with Crippen LogP contribution in [0, 0.1) is 6.92 Å². The minimum absolute atomic E-state index is 0.732. The average molecular weight is 266 g/mol. The van der Waals surface area contributed by atoms with E-state index in [9.17, 15) is 0 Å². The molecule has 0 bridgehead atoms. The summed E-state index contributed by atoms with van der Waals surface area (Å²) >= 11 is 7.53. The highest BCUT2D eigenvalue weighted by Gasteiger charge is 2.07. The number of aromatic nitrogens is 2. The number of hydrogen-bond donors (Lipinski definition) is 1. The van der Waals surface area contributed by atoms with Crippen molar-refractivity contribution in [3.05, 3.63) is 41.2 Å². The van der Waals surface area contributed by atoms with E-state index in [0.29, 0.717) is 0 Å². The molecule has 0 fully saturated rings. The van der Waals surface area contributed by atoms with Gasteiger partial charge in [0.2, 0.25) is 0 Å². The molecule has 2 rings (SSSR count). The van der Waals surface area contributed by atoms with Crippen molar-refractivity contribution in [2.45, 2.75) is 16.8 Å². The third-order valence-corrected chi connectivity index (χ3v) is 3.61. The van der Waals surface area contributed by atoms with Crippen molar-refractivity contribution in [2.24, 2.45) is 0 Å². The summed E-state index contributed by atoms with van der Waals surface area (Å²) in [5, 5.41) is 4.71. The van der Waals surface area contributed by atoms with E-state index in [1.807, 2.05) is 38.2 Å². The van der Waals surface area contributed by atoms with Gasteiger partial charge in [0.1, 0.15) is 17.2 Å². The highest BCUT2D eigenvalue weighted by Crippen LogP contribution is 2.31.